The van der Waals surface area contributed by atoms with Gasteiger partial charge in [0.25, 0.3) is 0 Å². The summed E-state index contributed by atoms with van der Waals surface area (Å²) in [6, 6.07) is 3.90. The molecule has 2 aliphatic carbocycles. The summed E-state index contributed by atoms with van der Waals surface area (Å²) in [5, 5.41) is 0. The van der Waals surface area contributed by atoms with Gasteiger partial charge in [-0.2, -0.15) is 4.99 Å². The van der Waals surface area contributed by atoms with Crippen molar-refractivity contribution in [2.24, 2.45) is 10.9 Å². The zero-order valence-corrected chi connectivity index (χ0v) is 12.9. The van der Waals surface area contributed by atoms with E-state index in [-0.39, 0.29) is 0 Å². The Balaban J connectivity index is 1.93. The van der Waals surface area contributed by atoms with E-state index in [1.807, 2.05) is 12.1 Å². The van der Waals surface area contributed by atoms with E-state index in [9.17, 15) is 4.79 Å². The Labute approximate surface area is 126 Å². The van der Waals surface area contributed by atoms with Crippen molar-refractivity contribution >= 4 is 22.0 Å². The van der Waals surface area contributed by atoms with E-state index >= 15 is 0 Å². The highest BCUT2D eigenvalue weighted by atomic mass is 79.9. The number of benzene rings is 1. The van der Waals surface area contributed by atoms with Crippen molar-refractivity contribution in [1.29, 1.82) is 0 Å². The van der Waals surface area contributed by atoms with Crippen LogP contribution in [-0.2, 0) is 10.3 Å². The fourth-order valence-corrected chi connectivity index (χ4v) is 2.91. The first-order valence-corrected chi connectivity index (χ1v) is 7.58. The number of methoxy groups -OCH3 is 1. The number of hydrogen-bond donors (Lipinski definition) is 0. The van der Waals surface area contributed by atoms with Gasteiger partial charge in [0.15, 0.2) is 11.5 Å². The third-order valence-electron chi connectivity index (χ3n) is 3.91. The Morgan fingerprint density at radius 1 is 1.45 bits per heavy atom. The van der Waals surface area contributed by atoms with Crippen LogP contribution in [0.3, 0.4) is 0 Å². The summed E-state index contributed by atoms with van der Waals surface area (Å²) in [5.74, 6) is 2.08. The maximum Gasteiger partial charge on any atom is 0.235 e. The van der Waals surface area contributed by atoms with E-state index in [1.165, 1.54) is 12.8 Å². The van der Waals surface area contributed by atoms with Crippen LogP contribution in [0, 0.1) is 5.92 Å². The van der Waals surface area contributed by atoms with Crippen LogP contribution in [0.1, 0.15) is 31.2 Å². The van der Waals surface area contributed by atoms with Gasteiger partial charge in [0.1, 0.15) is 0 Å². The Morgan fingerprint density at radius 2 is 2.20 bits per heavy atom. The number of ether oxygens (including phenoxy) is 2. The highest BCUT2D eigenvalue weighted by Gasteiger charge is 2.45. The quantitative estimate of drug-likeness (QED) is 0.588. The minimum atomic E-state index is -0.395. The van der Waals surface area contributed by atoms with Crippen molar-refractivity contribution in [1.82, 2.24) is 0 Å². The molecule has 0 bridgehead atoms. The molecule has 5 heteroatoms. The summed E-state index contributed by atoms with van der Waals surface area (Å²) < 4.78 is 12.1. The molecular weight excluding hydrogens is 322 g/mol. The molecule has 0 atom stereocenters. The predicted molar refractivity (Wildman–Crippen MR) is 77.9 cm³/mol. The lowest BCUT2D eigenvalue weighted by molar-refractivity contribution is 0.279. The molecule has 106 valence electrons. The Kier molecular flexibility index (Phi) is 3.57. The van der Waals surface area contributed by atoms with Crippen LogP contribution < -0.4 is 9.47 Å². The van der Waals surface area contributed by atoms with Crippen LogP contribution in [0.5, 0.6) is 11.5 Å². The summed E-state index contributed by atoms with van der Waals surface area (Å²) in [5.41, 5.74) is 0.591. The van der Waals surface area contributed by atoms with Gasteiger partial charge in [-0.15, -0.1) is 0 Å². The largest absolute Gasteiger partial charge is 0.492 e. The molecule has 0 heterocycles. The van der Waals surface area contributed by atoms with E-state index in [2.05, 4.69) is 20.9 Å². The second-order valence-corrected chi connectivity index (χ2v) is 6.33. The number of aliphatic imine (C=N–C) groups is 1. The maximum absolute atomic E-state index is 10.6. The number of nitrogens with zero attached hydrogens (tertiary/aromatic N) is 1. The second kappa shape index (κ2) is 5.23. The molecule has 4 nitrogen and oxygen atoms in total. The van der Waals surface area contributed by atoms with Crippen LogP contribution in [-0.4, -0.2) is 19.8 Å². The molecule has 0 aromatic heterocycles. The van der Waals surface area contributed by atoms with E-state index in [0.717, 1.165) is 35.2 Å². The van der Waals surface area contributed by atoms with Gasteiger partial charge >= 0.3 is 0 Å². The highest BCUT2D eigenvalue weighted by molar-refractivity contribution is 9.10. The summed E-state index contributed by atoms with van der Waals surface area (Å²) >= 11 is 3.51. The average Bonchev–Trinajstić information content (AvgIpc) is 3.31. The molecule has 0 N–H and O–H groups in total. The molecule has 20 heavy (non-hydrogen) atoms. The number of carbonyl (C=O) groups excluding carboxylic acids is 1. The molecule has 0 saturated heterocycles. The van der Waals surface area contributed by atoms with Gasteiger partial charge in [0.05, 0.1) is 23.7 Å². The van der Waals surface area contributed by atoms with Crippen LogP contribution >= 0.6 is 15.9 Å². The Hall–Kier alpha value is -1.32. The molecule has 2 aliphatic rings. The lowest BCUT2D eigenvalue weighted by Gasteiger charge is -2.16. The first kappa shape index (κ1) is 13.7. The van der Waals surface area contributed by atoms with Crippen molar-refractivity contribution < 1.29 is 14.3 Å². The molecule has 2 fully saturated rings. The van der Waals surface area contributed by atoms with Gasteiger partial charge in [0.2, 0.25) is 6.08 Å². The highest BCUT2D eigenvalue weighted by Crippen LogP contribution is 2.52. The zero-order valence-electron chi connectivity index (χ0n) is 11.3. The number of halogens is 1. The van der Waals surface area contributed by atoms with Crippen LogP contribution in [0.4, 0.5) is 0 Å². The van der Waals surface area contributed by atoms with Crippen molar-refractivity contribution in [3.63, 3.8) is 0 Å². The number of isocyanates is 1. The monoisotopic (exact) mass is 337 g/mol. The molecule has 0 aliphatic heterocycles. The lowest BCUT2D eigenvalue weighted by atomic mass is 10.0. The molecule has 3 rings (SSSR count). The maximum atomic E-state index is 10.6. The molecule has 0 unspecified atom stereocenters. The fraction of sp³-hybridized carbons (Fsp3) is 0.533. The topological polar surface area (TPSA) is 47.9 Å². The lowest BCUT2D eigenvalue weighted by Crippen LogP contribution is -2.06. The fourth-order valence-electron chi connectivity index (χ4n) is 2.31. The van der Waals surface area contributed by atoms with Crippen LogP contribution in [0.2, 0.25) is 0 Å². The molecule has 1 aromatic carbocycles. The zero-order chi connectivity index (χ0) is 14.2. The van der Waals surface area contributed by atoms with Gasteiger partial charge < -0.3 is 9.47 Å². The van der Waals surface area contributed by atoms with Gasteiger partial charge in [0, 0.05) is 0 Å². The second-order valence-electron chi connectivity index (χ2n) is 5.48. The molecule has 1 aromatic rings. The molecule has 2 saturated carbocycles. The Morgan fingerprint density at radius 3 is 2.75 bits per heavy atom. The van der Waals surface area contributed by atoms with E-state index in [4.69, 9.17) is 9.47 Å². The van der Waals surface area contributed by atoms with Crippen molar-refractivity contribution in [2.45, 2.75) is 31.2 Å². The van der Waals surface area contributed by atoms with Gasteiger partial charge in [-0.05, 0) is 65.2 Å². The first-order chi connectivity index (χ1) is 9.68. The molecule has 0 spiro atoms. The molecular formula is C15H16BrNO3. The Bertz CT molecular complexity index is 573. The number of hydrogen-bond acceptors (Lipinski definition) is 4. The van der Waals surface area contributed by atoms with Gasteiger partial charge in [-0.3, -0.25) is 0 Å². The van der Waals surface area contributed by atoms with E-state index < -0.39 is 5.54 Å². The standard InChI is InChI=1S/C15H16BrNO3/c1-19-14-12(16)6-11(15(4-5-15)17-9-18)7-13(14)20-8-10-2-3-10/h6-7,10H,2-5,8H2,1H3. The molecule has 0 radical (unpaired) electrons. The van der Waals surface area contributed by atoms with E-state index in [1.54, 1.807) is 13.2 Å². The number of rotatable bonds is 6. The first-order valence-electron chi connectivity index (χ1n) is 6.78. The van der Waals surface area contributed by atoms with Crippen molar-refractivity contribution in [2.75, 3.05) is 13.7 Å². The van der Waals surface area contributed by atoms with E-state index in [0.29, 0.717) is 11.7 Å². The summed E-state index contributed by atoms with van der Waals surface area (Å²) in [6.07, 6.45) is 5.92. The van der Waals surface area contributed by atoms with Crippen molar-refractivity contribution in [3.8, 4) is 11.5 Å². The minimum absolute atomic E-state index is 0.395. The average molecular weight is 338 g/mol. The van der Waals surface area contributed by atoms with Crippen LogP contribution in [0.25, 0.3) is 0 Å². The third-order valence-corrected chi connectivity index (χ3v) is 4.49. The van der Waals surface area contributed by atoms with Gasteiger partial charge in [-0.25, -0.2) is 4.79 Å². The summed E-state index contributed by atoms with van der Waals surface area (Å²) in [4.78, 5) is 14.6. The molecule has 0 amide bonds. The predicted octanol–water partition coefficient (Wildman–Crippen LogP) is 3.57. The SMILES string of the molecule is COc1c(Br)cc(C2(N=C=O)CC2)cc1OCC1CC1. The smallest absolute Gasteiger partial charge is 0.235 e. The summed E-state index contributed by atoms with van der Waals surface area (Å²) in [6.45, 7) is 0.718. The minimum Gasteiger partial charge on any atom is -0.492 e. The normalized spacial score (nSPS) is 19.1. The van der Waals surface area contributed by atoms with Crippen LogP contribution in [0.15, 0.2) is 21.6 Å². The third kappa shape index (κ3) is 2.60. The van der Waals surface area contributed by atoms with Crippen molar-refractivity contribution in [3.05, 3.63) is 22.2 Å². The van der Waals surface area contributed by atoms with Gasteiger partial charge in [-0.1, -0.05) is 0 Å². The summed E-state index contributed by atoms with van der Waals surface area (Å²) in [7, 11) is 1.63.